The molecule has 1 N–H and O–H groups in total. The Morgan fingerprint density at radius 2 is 1.53 bits per heavy atom. The van der Waals surface area contributed by atoms with Gasteiger partial charge >= 0.3 is 0 Å². The number of carbonyl (C=O) groups excluding carboxylic acids is 2. The number of carbonyl (C=O) groups is 2. The summed E-state index contributed by atoms with van der Waals surface area (Å²) in [7, 11) is 3.14. The largest absolute Gasteiger partial charge is 0.497 e. The van der Waals surface area contributed by atoms with Gasteiger partial charge in [0.05, 0.1) is 36.9 Å². The molecular formula is C30H24ClFN2O4. The smallest absolute Gasteiger partial charge is 0.259 e. The van der Waals surface area contributed by atoms with Gasteiger partial charge in [0.15, 0.2) is 0 Å². The van der Waals surface area contributed by atoms with Crippen LogP contribution < -0.4 is 19.7 Å². The Bertz CT molecular complexity index is 1490. The summed E-state index contributed by atoms with van der Waals surface area (Å²) in [5.41, 5.74) is 2.60. The van der Waals surface area contributed by atoms with Crippen molar-refractivity contribution in [2.75, 3.05) is 24.4 Å². The van der Waals surface area contributed by atoms with Gasteiger partial charge in [-0.25, -0.2) is 4.39 Å². The second-order valence-corrected chi connectivity index (χ2v) is 9.18. The molecule has 1 aliphatic heterocycles. The Morgan fingerprint density at radius 1 is 0.895 bits per heavy atom. The molecule has 4 aromatic rings. The van der Waals surface area contributed by atoms with E-state index in [0.29, 0.717) is 28.3 Å². The van der Waals surface area contributed by atoms with Crippen LogP contribution in [0.1, 0.15) is 33.4 Å². The number of fused-ring (bicyclic) bond motifs is 1. The lowest BCUT2D eigenvalue weighted by atomic mass is 9.78. The molecule has 0 spiro atoms. The van der Waals surface area contributed by atoms with Gasteiger partial charge in [-0.15, -0.1) is 0 Å². The summed E-state index contributed by atoms with van der Waals surface area (Å²) in [5, 5.41) is 2.93. The topological polar surface area (TPSA) is 67.9 Å². The molecule has 0 aliphatic carbocycles. The first-order valence-corrected chi connectivity index (χ1v) is 12.3. The molecule has 0 bridgehead atoms. The fraction of sp³-hybridized carbons (Fsp3) is 0.133. The molecule has 8 heteroatoms. The van der Waals surface area contributed by atoms with Crippen LogP contribution >= 0.6 is 11.6 Å². The molecule has 0 aromatic heterocycles. The van der Waals surface area contributed by atoms with Crippen LogP contribution in [-0.2, 0) is 4.79 Å². The Morgan fingerprint density at radius 3 is 2.16 bits per heavy atom. The summed E-state index contributed by atoms with van der Waals surface area (Å²) in [6.45, 7) is 0. The van der Waals surface area contributed by atoms with E-state index in [2.05, 4.69) is 5.32 Å². The first-order valence-electron chi connectivity index (χ1n) is 11.9. The molecule has 5 rings (SSSR count). The van der Waals surface area contributed by atoms with Crippen LogP contribution in [0.25, 0.3) is 0 Å². The summed E-state index contributed by atoms with van der Waals surface area (Å²) in [6.07, 6.45) is 0. The van der Waals surface area contributed by atoms with Gasteiger partial charge < -0.3 is 14.8 Å². The van der Waals surface area contributed by atoms with E-state index in [9.17, 15) is 14.0 Å². The predicted molar refractivity (Wildman–Crippen MR) is 145 cm³/mol. The molecule has 38 heavy (non-hydrogen) atoms. The number of anilines is 2. The van der Waals surface area contributed by atoms with Gasteiger partial charge in [-0.2, -0.15) is 0 Å². The fourth-order valence-corrected chi connectivity index (χ4v) is 5.00. The van der Waals surface area contributed by atoms with Gasteiger partial charge in [0.25, 0.3) is 5.91 Å². The van der Waals surface area contributed by atoms with Gasteiger partial charge in [-0.3, -0.25) is 14.5 Å². The quantitative estimate of drug-likeness (QED) is 0.304. The summed E-state index contributed by atoms with van der Waals surface area (Å²) in [4.78, 5) is 29.6. The van der Waals surface area contributed by atoms with Crippen molar-refractivity contribution in [2.24, 2.45) is 0 Å². The fourth-order valence-electron chi connectivity index (χ4n) is 4.79. The van der Waals surface area contributed by atoms with Crippen LogP contribution in [0, 0.1) is 5.82 Å². The van der Waals surface area contributed by atoms with Gasteiger partial charge in [0.2, 0.25) is 5.91 Å². The Balaban J connectivity index is 1.68. The zero-order valence-electron chi connectivity index (χ0n) is 20.7. The van der Waals surface area contributed by atoms with E-state index in [1.807, 2.05) is 12.1 Å². The zero-order chi connectivity index (χ0) is 26.8. The van der Waals surface area contributed by atoms with Crippen molar-refractivity contribution in [1.29, 1.82) is 0 Å². The van der Waals surface area contributed by atoms with E-state index in [-0.39, 0.29) is 16.6 Å². The monoisotopic (exact) mass is 530 g/mol. The lowest BCUT2D eigenvalue weighted by Gasteiger charge is -2.42. The lowest BCUT2D eigenvalue weighted by molar-refractivity contribution is -0.118. The third-order valence-corrected chi connectivity index (χ3v) is 6.93. The van der Waals surface area contributed by atoms with Crippen LogP contribution in [0.2, 0.25) is 5.02 Å². The minimum atomic E-state index is -0.819. The summed E-state index contributed by atoms with van der Waals surface area (Å²) >= 11 is 6.23. The van der Waals surface area contributed by atoms with Crippen LogP contribution in [-0.4, -0.2) is 26.0 Å². The van der Waals surface area contributed by atoms with Crippen LogP contribution in [0.4, 0.5) is 15.8 Å². The molecule has 0 unspecified atom stereocenters. The van der Waals surface area contributed by atoms with E-state index in [1.54, 1.807) is 79.8 Å². The first-order chi connectivity index (χ1) is 18.4. The van der Waals surface area contributed by atoms with Gasteiger partial charge in [0, 0.05) is 11.3 Å². The molecule has 4 aromatic carbocycles. The van der Waals surface area contributed by atoms with Crippen LogP contribution in [0.3, 0.4) is 0 Å². The number of amides is 2. The van der Waals surface area contributed by atoms with E-state index in [0.717, 1.165) is 11.6 Å². The molecule has 2 atom stereocenters. The number of nitrogens with zero attached hydrogens (tertiary/aromatic N) is 1. The predicted octanol–water partition coefficient (Wildman–Crippen LogP) is 6.62. The number of methoxy groups -OCH3 is 2. The van der Waals surface area contributed by atoms with Crippen molar-refractivity contribution < 1.29 is 23.5 Å². The summed E-state index contributed by atoms with van der Waals surface area (Å²) in [5.74, 6) is -0.677. The van der Waals surface area contributed by atoms with Crippen molar-refractivity contribution in [3.8, 4) is 11.5 Å². The lowest BCUT2D eigenvalue weighted by Crippen LogP contribution is -2.46. The minimum absolute atomic E-state index is 0.0755. The molecule has 0 radical (unpaired) electrons. The Kier molecular flexibility index (Phi) is 7.03. The molecule has 2 amide bonds. The number of nitrogens with one attached hydrogen (secondary N) is 1. The van der Waals surface area contributed by atoms with E-state index < -0.39 is 23.7 Å². The maximum absolute atomic E-state index is 14.0. The molecule has 0 fully saturated rings. The van der Waals surface area contributed by atoms with Crippen molar-refractivity contribution in [3.05, 3.63) is 119 Å². The number of hydrogen-bond acceptors (Lipinski definition) is 4. The number of halogens is 2. The zero-order valence-corrected chi connectivity index (χ0v) is 21.4. The number of benzene rings is 4. The molecule has 0 saturated heterocycles. The molecule has 192 valence electrons. The summed E-state index contributed by atoms with van der Waals surface area (Å²) in [6, 6.07) is 24.5. The molecular weight excluding hydrogens is 507 g/mol. The van der Waals surface area contributed by atoms with E-state index >= 15 is 0 Å². The molecule has 1 heterocycles. The van der Waals surface area contributed by atoms with E-state index in [4.69, 9.17) is 21.1 Å². The second kappa shape index (κ2) is 10.6. The first kappa shape index (κ1) is 25.3. The highest BCUT2D eigenvalue weighted by atomic mass is 35.5. The third-order valence-electron chi connectivity index (χ3n) is 6.62. The standard InChI is InChI=1S/C30H24ClFN2O4/c1-37-21-12-7-18(8-13-21)28-27(29(35)33-26-16-9-19(32)17-25(26)31)23-5-3-4-6-24(23)30(36)34(28)20-10-14-22(38-2)15-11-20/h3-17,27-28H,1-2H3,(H,33,35)/t27-,28-/m1/s1. The number of rotatable bonds is 6. The number of ether oxygens (including phenoxy) is 2. The maximum atomic E-state index is 14.0. The van der Waals surface area contributed by atoms with Gasteiger partial charge in [-0.1, -0.05) is 41.9 Å². The van der Waals surface area contributed by atoms with Crippen molar-refractivity contribution in [2.45, 2.75) is 12.0 Å². The minimum Gasteiger partial charge on any atom is -0.497 e. The van der Waals surface area contributed by atoms with Gasteiger partial charge in [-0.05, 0) is 71.8 Å². The van der Waals surface area contributed by atoms with Crippen LogP contribution in [0.15, 0.2) is 91.0 Å². The SMILES string of the molecule is COc1ccc([C@@H]2[C@H](C(=O)Nc3ccc(F)cc3Cl)c3ccccc3C(=O)N2c2ccc(OC)cc2)cc1. The second-order valence-electron chi connectivity index (χ2n) is 8.77. The van der Waals surface area contributed by atoms with Crippen molar-refractivity contribution >= 4 is 34.8 Å². The highest BCUT2D eigenvalue weighted by molar-refractivity contribution is 6.33. The summed E-state index contributed by atoms with van der Waals surface area (Å²) < 4.78 is 24.3. The van der Waals surface area contributed by atoms with Crippen molar-refractivity contribution in [1.82, 2.24) is 0 Å². The normalized spacial score (nSPS) is 16.5. The maximum Gasteiger partial charge on any atom is 0.259 e. The average molecular weight is 531 g/mol. The Hall–Kier alpha value is -4.36. The van der Waals surface area contributed by atoms with Gasteiger partial charge in [0.1, 0.15) is 17.3 Å². The number of hydrogen-bond donors (Lipinski definition) is 1. The van der Waals surface area contributed by atoms with Crippen molar-refractivity contribution in [3.63, 3.8) is 0 Å². The third kappa shape index (κ3) is 4.68. The molecule has 0 saturated carbocycles. The van der Waals surface area contributed by atoms with E-state index in [1.165, 1.54) is 12.1 Å². The highest BCUT2D eigenvalue weighted by Gasteiger charge is 2.45. The molecule has 1 aliphatic rings. The average Bonchev–Trinajstić information content (AvgIpc) is 2.94. The molecule has 6 nitrogen and oxygen atoms in total. The highest BCUT2D eigenvalue weighted by Crippen LogP contribution is 2.46. The Labute approximate surface area is 224 Å². The van der Waals surface area contributed by atoms with Crippen LogP contribution in [0.5, 0.6) is 11.5 Å².